The Bertz CT molecular complexity index is 69.0. The van der Waals surface area contributed by atoms with Crippen molar-refractivity contribution in [3.8, 4) is 0 Å². The molecule has 0 aromatic heterocycles. The second-order valence-corrected chi connectivity index (χ2v) is 2.27. The molecular weight excluding hydrogens is 126 g/mol. The van der Waals surface area contributed by atoms with Gasteiger partial charge in [-0.1, -0.05) is 0 Å². The van der Waals surface area contributed by atoms with Crippen LogP contribution in [0.3, 0.4) is 0 Å². The fourth-order valence-electron chi connectivity index (χ4n) is 1.22. The lowest BCUT2D eigenvalue weighted by Crippen LogP contribution is -2.55. The van der Waals surface area contributed by atoms with E-state index in [0.717, 1.165) is 13.1 Å². The Kier molecular flexibility index (Phi) is 1.75. The molecule has 3 fully saturated rings. The third kappa shape index (κ3) is 0.835. The van der Waals surface area contributed by atoms with Crippen molar-refractivity contribution in [1.82, 2.24) is 5.32 Å². The normalized spacial score (nSPS) is 42.0. The van der Waals surface area contributed by atoms with Gasteiger partial charge < -0.3 is 10.1 Å². The summed E-state index contributed by atoms with van der Waals surface area (Å²) < 4.78 is 5.31. The molecule has 8 heavy (non-hydrogen) atoms. The number of hydrogen-bond donors (Lipinski definition) is 1. The zero-order valence-corrected chi connectivity index (χ0v) is 5.41. The number of hydrogen-bond acceptors (Lipinski definition) is 2. The van der Waals surface area contributed by atoms with Gasteiger partial charge in [-0.05, 0) is 0 Å². The van der Waals surface area contributed by atoms with Crippen LogP contribution in [0.15, 0.2) is 0 Å². The molecule has 0 aromatic rings. The van der Waals surface area contributed by atoms with Crippen LogP contribution in [0.4, 0.5) is 0 Å². The monoisotopic (exact) mass is 135 g/mol. The maximum absolute atomic E-state index is 5.31. The third-order valence-electron chi connectivity index (χ3n) is 1.65. The van der Waals surface area contributed by atoms with E-state index in [9.17, 15) is 0 Å². The summed E-state index contributed by atoms with van der Waals surface area (Å²) >= 11 is 0. The molecule has 2 bridgehead atoms. The van der Waals surface area contributed by atoms with Crippen molar-refractivity contribution in [2.24, 2.45) is 0 Å². The molecule has 0 unspecified atom stereocenters. The van der Waals surface area contributed by atoms with Gasteiger partial charge >= 0.3 is 0 Å². The van der Waals surface area contributed by atoms with Crippen LogP contribution >= 0.6 is 12.4 Å². The first-order valence-corrected chi connectivity index (χ1v) is 2.81. The van der Waals surface area contributed by atoms with Gasteiger partial charge in [0, 0.05) is 19.5 Å². The van der Waals surface area contributed by atoms with Crippen LogP contribution in [-0.4, -0.2) is 25.3 Å². The van der Waals surface area contributed by atoms with Crippen LogP contribution in [0.2, 0.25) is 0 Å². The van der Waals surface area contributed by atoms with Gasteiger partial charge in [0.05, 0.1) is 12.2 Å². The van der Waals surface area contributed by atoms with Crippen molar-refractivity contribution in [2.45, 2.75) is 18.6 Å². The van der Waals surface area contributed by atoms with Crippen molar-refractivity contribution < 1.29 is 4.74 Å². The molecule has 3 rings (SSSR count). The molecule has 0 spiro atoms. The first-order valence-electron chi connectivity index (χ1n) is 2.81. The Morgan fingerprint density at radius 3 is 1.88 bits per heavy atom. The Morgan fingerprint density at radius 2 is 1.75 bits per heavy atom. The summed E-state index contributed by atoms with van der Waals surface area (Å²) in [5.41, 5.74) is 0. The average molecular weight is 136 g/mol. The molecule has 0 saturated carbocycles. The van der Waals surface area contributed by atoms with Crippen molar-refractivity contribution in [3.05, 3.63) is 0 Å². The first-order chi connectivity index (χ1) is 3.45. The van der Waals surface area contributed by atoms with Crippen LogP contribution in [0, 0.1) is 0 Å². The number of rotatable bonds is 0. The molecule has 1 N–H and O–H groups in total. The van der Waals surface area contributed by atoms with E-state index >= 15 is 0 Å². The summed E-state index contributed by atoms with van der Waals surface area (Å²) in [5, 5.41) is 3.26. The molecule has 3 aliphatic rings. The summed E-state index contributed by atoms with van der Waals surface area (Å²) in [7, 11) is 0. The highest BCUT2D eigenvalue weighted by Gasteiger charge is 2.33. The molecule has 3 saturated heterocycles. The van der Waals surface area contributed by atoms with Gasteiger partial charge in [0.25, 0.3) is 0 Å². The second kappa shape index (κ2) is 2.21. The largest absolute Gasteiger partial charge is 0.372 e. The fraction of sp³-hybridized carbons (Fsp3) is 1.00. The quantitative estimate of drug-likeness (QED) is 0.511. The number of piperidine rings is 1. The lowest BCUT2D eigenvalue weighted by atomic mass is 10.0. The van der Waals surface area contributed by atoms with Crippen LogP contribution in [0.25, 0.3) is 0 Å². The highest BCUT2D eigenvalue weighted by atomic mass is 35.5. The van der Waals surface area contributed by atoms with Gasteiger partial charge in [0.1, 0.15) is 0 Å². The Hall–Kier alpha value is 0.210. The minimum atomic E-state index is 0. The number of ether oxygens (including phenoxy) is 1. The minimum Gasteiger partial charge on any atom is -0.372 e. The number of halogens is 1. The van der Waals surface area contributed by atoms with E-state index in [4.69, 9.17) is 4.74 Å². The summed E-state index contributed by atoms with van der Waals surface area (Å²) in [6.07, 6.45) is 2.44. The van der Waals surface area contributed by atoms with E-state index in [-0.39, 0.29) is 12.4 Å². The van der Waals surface area contributed by atoms with E-state index < -0.39 is 0 Å². The Labute approximate surface area is 55.0 Å². The summed E-state index contributed by atoms with van der Waals surface area (Å²) in [6.45, 7) is 2.16. The van der Waals surface area contributed by atoms with Gasteiger partial charge in [0.2, 0.25) is 0 Å². The first kappa shape index (κ1) is 6.33. The maximum Gasteiger partial charge on any atom is 0.0729 e. The Morgan fingerprint density at radius 1 is 1.25 bits per heavy atom. The summed E-state index contributed by atoms with van der Waals surface area (Å²) in [6, 6.07) is 0. The Balaban J connectivity index is 0.000000320. The van der Waals surface area contributed by atoms with Crippen LogP contribution in [-0.2, 0) is 4.74 Å². The molecule has 48 valence electrons. The number of nitrogens with one attached hydrogen (secondary N) is 1. The molecule has 0 amide bonds. The zero-order chi connectivity index (χ0) is 4.69. The van der Waals surface area contributed by atoms with Crippen molar-refractivity contribution in [2.75, 3.05) is 13.1 Å². The second-order valence-electron chi connectivity index (χ2n) is 2.27. The smallest absolute Gasteiger partial charge is 0.0729 e. The number of fused-ring (bicyclic) bond motifs is 2. The van der Waals surface area contributed by atoms with Crippen LogP contribution in [0.5, 0.6) is 0 Å². The molecule has 3 heteroatoms. The lowest BCUT2D eigenvalue weighted by Gasteiger charge is -2.41. The average Bonchev–Trinajstić information content (AvgIpc) is 1.67. The third-order valence-corrected chi connectivity index (χ3v) is 1.65. The molecule has 3 heterocycles. The minimum absolute atomic E-state index is 0. The van der Waals surface area contributed by atoms with E-state index in [1.54, 1.807) is 0 Å². The van der Waals surface area contributed by atoms with E-state index in [2.05, 4.69) is 5.32 Å². The molecular formula is C5H10ClNO. The SMILES string of the molecule is C1NC[C@H]2C[C@@H]1O2.Cl. The van der Waals surface area contributed by atoms with Crippen LogP contribution < -0.4 is 5.32 Å². The van der Waals surface area contributed by atoms with Crippen LogP contribution in [0.1, 0.15) is 6.42 Å². The molecule has 0 radical (unpaired) electrons. The maximum atomic E-state index is 5.31. The molecule has 0 aliphatic carbocycles. The lowest BCUT2D eigenvalue weighted by molar-refractivity contribution is -0.143. The van der Waals surface area contributed by atoms with Gasteiger partial charge in [-0.3, -0.25) is 0 Å². The molecule has 3 aliphatic heterocycles. The van der Waals surface area contributed by atoms with Crippen molar-refractivity contribution in [1.29, 1.82) is 0 Å². The molecule has 2 nitrogen and oxygen atoms in total. The highest BCUT2D eigenvalue weighted by Crippen LogP contribution is 2.22. The predicted octanol–water partition coefficient (Wildman–Crippen LogP) is 0.169. The van der Waals surface area contributed by atoms with Gasteiger partial charge in [-0.2, -0.15) is 0 Å². The predicted molar refractivity (Wildman–Crippen MR) is 33.4 cm³/mol. The van der Waals surface area contributed by atoms with E-state index in [0.29, 0.717) is 12.2 Å². The standard InChI is InChI=1S/C5H9NO.ClH/c1-4-2-6-3-5(1)7-4;/h4-6H,1-3H2;1H/t4-,5+;. The highest BCUT2D eigenvalue weighted by molar-refractivity contribution is 5.85. The van der Waals surface area contributed by atoms with E-state index in [1.165, 1.54) is 6.42 Å². The van der Waals surface area contributed by atoms with Crippen molar-refractivity contribution >= 4 is 12.4 Å². The molecule has 2 atom stereocenters. The van der Waals surface area contributed by atoms with Gasteiger partial charge in [-0.25, -0.2) is 0 Å². The fourth-order valence-corrected chi connectivity index (χ4v) is 1.22. The summed E-state index contributed by atoms with van der Waals surface area (Å²) in [5.74, 6) is 0. The molecule has 0 aromatic carbocycles. The zero-order valence-electron chi connectivity index (χ0n) is 4.59. The van der Waals surface area contributed by atoms with Gasteiger partial charge in [0.15, 0.2) is 0 Å². The summed E-state index contributed by atoms with van der Waals surface area (Å²) in [4.78, 5) is 0. The van der Waals surface area contributed by atoms with Gasteiger partial charge in [-0.15, -0.1) is 12.4 Å². The number of morpholine rings is 1. The van der Waals surface area contributed by atoms with Crippen molar-refractivity contribution in [3.63, 3.8) is 0 Å². The van der Waals surface area contributed by atoms with E-state index in [1.807, 2.05) is 0 Å². The topological polar surface area (TPSA) is 21.3 Å².